The lowest BCUT2D eigenvalue weighted by Crippen LogP contribution is -2.50. The second-order valence-corrected chi connectivity index (χ2v) is 5.23. The van der Waals surface area contributed by atoms with Gasteiger partial charge in [-0.2, -0.15) is 0 Å². The topological polar surface area (TPSA) is 44.8 Å². The van der Waals surface area contributed by atoms with Gasteiger partial charge < -0.3 is 15.0 Å². The predicted molar refractivity (Wildman–Crippen MR) is 75.1 cm³/mol. The highest BCUT2D eigenvalue weighted by Gasteiger charge is 2.22. The van der Waals surface area contributed by atoms with Gasteiger partial charge in [0.1, 0.15) is 6.61 Å². The fourth-order valence-corrected chi connectivity index (χ4v) is 2.60. The number of hydrogen-bond donors (Lipinski definition) is 1. The van der Waals surface area contributed by atoms with Gasteiger partial charge >= 0.3 is 0 Å². The summed E-state index contributed by atoms with van der Waals surface area (Å²) in [7, 11) is 0. The number of nitrogens with zero attached hydrogens (tertiary/aromatic N) is 2. The maximum absolute atomic E-state index is 12.1. The van der Waals surface area contributed by atoms with Gasteiger partial charge in [-0.15, -0.1) is 6.58 Å². The Morgan fingerprint density at radius 2 is 1.95 bits per heavy atom. The predicted octanol–water partition coefficient (Wildman–Crippen LogP) is 0.0852. The second-order valence-electron chi connectivity index (χ2n) is 5.23. The number of hydrogen-bond acceptors (Lipinski definition) is 4. The zero-order chi connectivity index (χ0) is 13.5. The van der Waals surface area contributed by atoms with E-state index in [2.05, 4.69) is 16.8 Å². The first-order valence-electron chi connectivity index (χ1n) is 7.23. The Morgan fingerprint density at radius 1 is 1.26 bits per heavy atom. The van der Waals surface area contributed by atoms with Crippen LogP contribution in [0.3, 0.4) is 0 Å². The first kappa shape index (κ1) is 14.5. The Labute approximate surface area is 115 Å². The number of piperidine rings is 1. The molecule has 19 heavy (non-hydrogen) atoms. The molecule has 2 fully saturated rings. The minimum absolute atomic E-state index is 0.136. The molecule has 0 aliphatic carbocycles. The molecule has 5 heteroatoms. The van der Waals surface area contributed by atoms with Crippen LogP contribution in [-0.4, -0.2) is 74.2 Å². The molecule has 0 aromatic rings. The fraction of sp³-hybridized carbons (Fsp3) is 0.786. The molecule has 5 nitrogen and oxygen atoms in total. The molecule has 2 saturated heterocycles. The number of amides is 1. The van der Waals surface area contributed by atoms with E-state index in [0.717, 1.165) is 58.7 Å². The molecule has 0 radical (unpaired) electrons. The maximum atomic E-state index is 12.1. The lowest BCUT2D eigenvalue weighted by Gasteiger charge is -2.34. The third kappa shape index (κ3) is 4.60. The van der Waals surface area contributed by atoms with Crippen molar-refractivity contribution >= 4 is 5.91 Å². The summed E-state index contributed by atoms with van der Waals surface area (Å²) in [6, 6.07) is 0. The van der Waals surface area contributed by atoms with Crippen LogP contribution in [0.15, 0.2) is 12.7 Å². The highest BCUT2D eigenvalue weighted by Crippen LogP contribution is 2.08. The van der Waals surface area contributed by atoms with Gasteiger partial charge in [-0.05, 0) is 25.9 Å². The van der Waals surface area contributed by atoms with Gasteiger partial charge in [0.15, 0.2) is 0 Å². The first-order valence-corrected chi connectivity index (χ1v) is 7.23. The van der Waals surface area contributed by atoms with Gasteiger partial charge in [-0.3, -0.25) is 9.69 Å². The van der Waals surface area contributed by atoms with Crippen molar-refractivity contribution in [2.75, 3.05) is 52.4 Å². The summed E-state index contributed by atoms with van der Waals surface area (Å²) in [5.41, 5.74) is 0. The van der Waals surface area contributed by atoms with E-state index in [1.165, 1.54) is 0 Å². The van der Waals surface area contributed by atoms with Gasteiger partial charge in [-0.25, -0.2) is 0 Å². The molecular formula is C14H25N3O2. The molecule has 2 aliphatic heterocycles. The van der Waals surface area contributed by atoms with Crippen LogP contribution in [0.4, 0.5) is 0 Å². The number of rotatable bonds is 5. The van der Waals surface area contributed by atoms with Crippen LogP contribution in [-0.2, 0) is 9.53 Å². The number of ether oxygens (including phenoxy) is 1. The zero-order valence-corrected chi connectivity index (χ0v) is 11.6. The van der Waals surface area contributed by atoms with Crippen molar-refractivity contribution in [2.45, 2.75) is 18.9 Å². The summed E-state index contributed by atoms with van der Waals surface area (Å²) in [5, 5.41) is 3.29. The molecular weight excluding hydrogens is 242 g/mol. The molecule has 108 valence electrons. The molecule has 0 unspecified atom stereocenters. The second kappa shape index (κ2) is 7.62. The average Bonchev–Trinajstić information content (AvgIpc) is 2.47. The molecule has 2 rings (SSSR count). The van der Waals surface area contributed by atoms with E-state index in [1.54, 1.807) is 0 Å². The van der Waals surface area contributed by atoms with Gasteiger partial charge in [0.2, 0.25) is 5.91 Å². The van der Waals surface area contributed by atoms with Crippen LogP contribution in [0.1, 0.15) is 12.8 Å². The number of nitrogens with one attached hydrogen (secondary N) is 1. The molecule has 0 atom stereocenters. The van der Waals surface area contributed by atoms with Crippen molar-refractivity contribution in [3.05, 3.63) is 12.7 Å². The fourth-order valence-electron chi connectivity index (χ4n) is 2.60. The highest BCUT2D eigenvalue weighted by atomic mass is 16.5. The summed E-state index contributed by atoms with van der Waals surface area (Å²) in [5.74, 6) is 0.136. The Kier molecular flexibility index (Phi) is 5.82. The normalized spacial score (nSPS) is 22.4. The monoisotopic (exact) mass is 267 g/mol. The average molecular weight is 267 g/mol. The molecule has 1 N–H and O–H groups in total. The zero-order valence-electron chi connectivity index (χ0n) is 11.6. The van der Waals surface area contributed by atoms with Gasteiger partial charge in [0, 0.05) is 32.7 Å². The van der Waals surface area contributed by atoms with E-state index in [1.807, 2.05) is 11.0 Å². The number of piperazine rings is 1. The molecule has 0 aromatic heterocycles. The maximum Gasteiger partial charge on any atom is 0.248 e. The van der Waals surface area contributed by atoms with Crippen molar-refractivity contribution in [2.24, 2.45) is 0 Å². The van der Waals surface area contributed by atoms with Gasteiger partial charge in [-0.1, -0.05) is 6.08 Å². The van der Waals surface area contributed by atoms with E-state index in [4.69, 9.17) is 4.74 Å². The van der Waals surface area contributed by atoms with Gasteiger partial charge in [0.05, 0.1) is 6.10 Å². The van der Waals surface area contributed by atoms with E-state index in [9.17, 15) is 4.79 Å². The summed E-state index contributed by atoms with van der Waals surface area (Å²) < 4.78 is 5.71. The third-order valence-corrected chi connectivity index (χ3v) is 3.84. The molecule has 2 heterocycles. The van der Waals surface area contributed by atoms with Crippen LogP contribution in [0.5, 0.6) is 0 Å². The lowest BCUT2D eigenvalue weighted by atomic mass is 10.1. The molecule has 0 bridgehead atoms. The Hall–Kier alpha value is -0.910. The van der Waals surface area contributed by atoms with Crippen LogP contribution in [0, 0.1) is 0 Å². The minimum Gasteiger partial charge on any atom is -0.368 e. The smallest absolute Gasteiger partial charge is 0.248 e. The Bertz CT molecular complexity index is 295. The van der Waals surface area contributed by atoms with Crippen molar-refractivity contribution < 1.29 is 9.53 Å². The largest absolute Gasteiger partial charge is 0.368 e. The molecule has 0 spiro atoms. The van der Waals surface area contributed by atoms with E-state index >= 15 is 0 Å². The lowest BCUT2D eigenvalue weighted by molar-refractivity contribution is -0.140. The molecule has 0 saturated carbocycles. The van der Waals surface area contributed by atoms with Gasteiger partial charge in [0.25, 0.3) is 0 Å². The first-order chi connectivity index (χ1) is 9.29. The van der Waals surface area contributed by atoms with Crippen molar-refractivity contribution in [3.63, 3.8) is 0 Å². The van der Waals surface area contributed by atoms with E-state index in [0.29, 0.717) is 0 Å². The van der Waals surface area contributed by atoms with Crippen LogP contribution in [0.2, 0.25) is 0 Å². The van der Waals surface area contributed by atoms with E-state index < -0.39 is 0 Å². The quantitative estimate of drug-likeness (QED) is 0.717. The third-order valence-electron chi connectivity index (χ3n) is 3.84. The SMILES string of the molecule is C=CCN1CCN(C(=O)COC2CCNCC2)CC1. The minimum atomic E-state index is 0.136. The van der Waals surface area contributed by atoms with Crippen molar-refractivity contribution in [3.8, 4) is 0 Å². The van der Waals surface area contributed by atoms with Crippen LogP contribution in [0.25, 0.3) is 0 Å². The number of carbonyl (C=O) groups is 1. The van der Waals surface area contributed by atoms with Crippen LogP contribution >= 0.6 is 0 Å². The summed E-state index contributed by atoms with van der Waals surface area (Å²) in [6.07, 6.45) is 4.20. The summed E-state index contributed by atoms with van der Waals surface area (Å²) in [6.45, 7) is 10.4. The van der Waals surface area contributed by atoms with Crippen molar-refractivity contribution in [1.29, 1.82) is 0 Å². The Balaban J connectivity index is 1.64. The van der Waals surface area contributed by atoms with Crippen LogP contribution < -0.4 is 5.32 Å². The van der Waals surface area contributed by atoms with E-state index in [-0.39, 0.29) is 18.6 Å². The molecule has 1 amide bonds. The number of carbonyl (C=O) groups excluding carboxylic acids is 1. The molecule has 0 aromatic carbocycles. The standard InChI is InChI=1S/C14H25N3O2/c1-2-7-16-8-10-17(11-9-16)14(18)12-19-13-3-5-15-6-4-13/h2,13,15H,1,3-12H2. The van der Waals surface area contributed by atoms with Crippen molar-refractivity contribution in [1.82, 2.24) is 15.1 Å². The molecule has 2 aliphatic rings. The summed E-state index contributed by atoms with van der Waals surface area (Å²) >= 11 is 0. The summed E-state index contributed by atoms with van der Waals surface area (Å²) in [4.78, 5) is 16.3. The Morgan fingerprint density at radius 3 is 2.58 bits per heavy atom. The highest BCUT2D eigenvalue weighted by molar-refractivity contribution is 5.77.